The van der Waals surface area contributed by atoms with Crippen LogP contribution >= 0.6 is 0 Å². The van der Waals surface area contributed by atoms with E-state index >= 15 is 0 Å². The first-order valence-corrected chi connectivity index (χ1v) is 9.96. The number of nitriles is 2. The fraction of sp³-hybridized carbons (Fsp3) is 0.700. The van der Waals surface area contributed by atoms with Gasteiger partial charge in [-0.25, -0.2) is 0 Å². The van der Waals surface area contributed by atoms with Crippen LogP contribution in [-0.2, 0) is 0 Å². The first-order chi connectivity index (χ1) is 12.8. The molecule has 0 N–H and O–H groups in total. The molecule has 0 amide bonds. The highest BCUT2D eigenvalue weighted by atomic mass is 15.4. The van der Waals surface area contributed by atoms with Gasteiger partial charge in [0, 0.05) is 45.8 Å². The molecule has 0 aromatic carbocycles. The van der Waals surface area contributed by atoms with Crippen molar-refractivity contribution in [1.29, 1.82) is 10.5 Å². The van der Waals surface area contributed by atoms with Crippen molar-refractivity contribution in [2.24, 2.45) is 0 Å². The summed E-state index contributed by atoms with van der Waals surface area (Å²) in [4.78, 5) is 9.46. The molecule has 3 heterocycles. The van der Waals surface area contributed by atoms with Gasteiger partial charge in [0.25, 0.3) is 0 Å². The maximum absolute atomic E-state index is 9.43. The van der Waals surface area contributed by atoms with E-state index < -0.39 is 0 Å². The molecule has 0 unspecified atom stereocenters. The molecule has 26 heavy (non-hydrogen) atoms. The first-order valence-electron chi connectivity index (χ1n) is 9.96. The van der Waals surface area contributed by atoms with Crippen molar-refractivity contribution in [2.45, 2.75) is 25.7 Å². The Morgan fingerprint density at radius 3 is 2.19 bits per heavy atom. The summed E-state index contributed by atoms with van der Waals surface area (Å²) in [6, 6.07) is 4.25. The van der Waals surface area contributed by atoms with Crippen molar-refractivity contribution in [3.8, 4) is 12.1 Å². The lowest BCUT2D eigenvalue weighted by molar-refractivity contribution is 0.244. The normalized spacial score (nSPS) is 21.2. The number of rotatable bonds is 7. The van der Waals surface area contributed by atoms with Crippen LogP contribution in [0, 0.1) is 22.7 Å². The smallest absolute Gasteiger partial charge is 0.169 e. The third-order valence-corrected chi connectivity index (χ3v) is 5.62. The molecule has 3 aliphatic rings. The van der Waals surface area contributed by atoms with Gasteiger partial charge in [0.2, 0.25) is 0 Å². The third kappa shape index (κ3) is 4.78. The van der Waals surface area contributed by atoms with Crippen LogP contribution in [-0.4, -0.2) is 85.0 Å². The summed E-state index contributed by atoms with van der Waals surface area (Å²) in [6.07, 6.45) is 9.32. The Balaban J connectivity index is 1.56. The van der Waals surface area contributed by atoms with E-state index in [2.05, 4.69) is 43.9 Å². The number of allylic oxidation sites excluding steroid dienone is 1. The quantitative estimate of drug-likeness (QED) is 0.511. The van der Waals surface area contributed by atoms with Crippen LogP contribution in [0.4, 0.5) is 0 Å². The van der Waals surface area contributed by atoms with Crippen LogP contribution in [0.2, 0.25) is 0 Å². The van der Waals surface area contributed by atoms with Gasteiger partial charge in [-0.3, -0.25) is 4.90 Å². The number of nitrogens with zero attached hydrogens (tertiary/aromatic N) is 6. The fourth-order valence-corrected chi connectivity index (χ4v) is 4.18. The van der Waals surface area contributed by atoms with Gasteiger partial charge in [0.1, 0.15) is 18.0 Å². The second-order valence-corrected chi connectivity index (χ2v) is 7.36. The monoisotopic (exact) mass is 354 g/mol. The van der Waals surface area contributed by atoms with E-state index in [-0.39, 0.29) is 5.57 Å². The minimum atomic E-state index is 0.266. The summed E-state index contributed by atoms with van der Waals surface area (Å²) >= 11 is 0. The van der Waals surface area contributed by atoms with Crippen LogP contribution in [0.3, 0.4) is 0 Å². The molecule has 140 valence electrons. The SMILES string of the molecule is N#CC(C#N)=C1N(CCCN2CCCC2)CCN1CCN1CC=CCC1. The highest BCUT2D eigenvalue weighted by molar-refractivity contribution is 5.40. The lowest BCUT2D eigenvalue weighted by Crippen LogP contribution is -2.36. The van der Waals surface area contributed by atoms with E-state index in [1.165, 1.54) is 25.9 Å². The second kappa shape index (κ2) is 9.62. The molecule has 6 nitrogen and oxygen atoms in total. The summed E-state index contributed by atoms with van der Waals surface area (Å²) in [6.45, 7) is 10.3. The van der Waals surface area contributed by atoms with Crippen molar-refractivity contribution in [2.75, 3.05) is 65.4 Å². The maximum atomic E-state index is 9.43. The molecule has 0 saturated carbocycles. The first kappa shape index (κ1) is 18.8. The Morgan fingerprint density at radius 1 is 0.808 bits per heavy atom. The number of hydrogen-bond acceptors (Lipinski definition) is 6. The van der Waals surface area contributed by atoms with Gasteiger partial charge >= 0.3 is 0 Å². The Morgan fingerprint density at radius 2 is 1.54 bits per heavy atom. The van der Waals surface area contributed by atoms with E-state index in [4.69, 9.17) is 0 Å². The van der Waals surface area contributed by atoms with Gasteiger partial charge in [0.15, 0.2) is 5.57 Å². The molecule has 0 aromatic rings. The van der Waals surface area contributed by atoms with Gasteiger partial charge in [0.05, 0.1) is 0 Å². The highest BCUT2D eigenvalue weighted by Gasteiger charge is 2.28. The summed E-state index contributed by atoms with van der Waals surface area (Å²) < 4.78 is 0. The average Bonchev–Trinajstić information content (AvgIpc) is 3.33. The van der Waals surface area contributed by atoms with Gasteiger partial charge in [-0.15, -0.1) is 0 Å². The van der Waals surface area contributed by atoms with Crippen LogP contribution < -0.4 is 0 Å². The molecule has 2 fully saturated rings. The van der Waals surface area contributed by atoms with Crippen molar-refractivity contribution < 1.29 is 0 Å². The van der Waals surface area contributed by atoms with Gasteiger partial charge < -0.3 is 14.7 Å². The Bertz CT molecular complexity index is 589. The van der Waals surface area contributed by atoms with Crippen molar-refractivity contribution in [3.05, 3.63) is 23.5 Å². The third-order valence-electron chi connectivity index (χ3n) is 5.62. The molecule has 3 rings (SSSR count). The number of likely N-dealkylation sites (tertiary alicyclic amines) is 1. The van der Waals surface area contributed by atoms with E-state index in [1.54, 1.807) is 0 Å². The molecule has 0 radical (unpaired) electrons. The Hall–Kier alpha value is -2.02. The lowest BCUT2D eigenvalue weighted by atomic mass is 10.2. The highest BCUT2D eigenvalue weighted by Crippen LogP contribution is 2.22. The minimum absolute atomic E-state index is 0.266. The van der Waals surface area contributed by atoms with Gasteiger partial charge in [-0.1, -0.05) is 12.2 Å². The summed E-state index contributed by atoms with van der Waals surface area (Å²) in [5, 5.41) is 18.9. The molecule has 0 aliphatic carbocycles. The zero-order valence-electron chi connectivity index (χ0n) is 15.7. The summed E-state index contributed by atoms with van der Waals surface area (Å²) in [5.74, 6) is 0.865. The van der Waals surface area contributed by atoms with Gasteiger partial charge in [-0.05, 0) is 45.3 Å². The predicted molar refractivity (Wildman–Crippen MR) is 102 cm³/mol. The largest absolute Gasteiger partial charge is 0.355 e. The molecule has 0 aromatic heterocycles. The van der Waals surface area contributed by atoms with E-state index in [9.17, 15) is 10.5 Å². The Kier molecular flexibility index (Phi) is 6.94. The Labute approximate surface area is 157 Å². The van der Waals surface area contributed by atoms with E-state index in [0.717, 1.165) is 71.0 Å². The molecule has 0 spiro atoms. The lowest BCUT2D eigenvalue weighted by Gasteiger charge is -2.29. The summed E-state index contributed by atoms with van der Waals surface area (Å²) in [7, 11) is 0. The molecular formula is C20H30N6. The molecule has 3 aliphatic heterocycles. The zero-order chi connectivity index (χ0) is 18.2. The zero-order valence-corrected chi connectivity index (χ0v) is 15.7. The molecule has 2 saturated heterocycles. The van der Waals surface area contributed by atoms with Crippen LogP contribution in [0.15, 0.2) is 23.5 Å². The fourth-order valence-electron chi connectivity index (χ4n) is 4.18. The number of hydrogen-bond donors (Lipinski definition) is 0. The van der Waals surface area contributed by atoms with Crippen molar-refractivity contribution >= 4 is 0 Å². The van der Waals surface area contributed by atoms with Crippen molar-refractivity contribution in [3.63, 3.8) is 0 Å². The van der Waals surface area contributed by atoms with Crippen LogP contribution in [0.25, 0.3) is 0 Å². The molecule has 6 heteroatoms. The van der Waals surface area contributed by atoms with E-state index in [1.807, 2.05) is 0 Å². The summed E-state index contributed by atoms with van der Waals surface area (Å²) in [5.41, 5.74) is 0.266. The standard InChI is InChI=1S/C20H30N6/c21-17-19(18-22)20-25(12-6-11-23-9-4-5-10-23)15-16-26(20)14-13-24-7-2-1-3-8-24/h1-2H,3-16H2. The molecular weight excluding hydrogens is 324 g/mol. The maximum Gasteiger partial charge on any atom is 0.169 e. The predicted octanol–water partition coefficient (Wildman–Crippen LogP) is 1.61. The average molecular weight is 355 g/mol. The van der Waals surface area contributed by atoms with Gasteiger partial charge in [-0.2, -0.15) is 10.5 Å². The van der Waals surface area contributed by atoms with Crippen LogP contribution in [0.1, 0.15) is 25.7 Å². The minimum Gasteiger partial charge on any atom is -0.355 e. The second-order valence-electron chi connectivity index (χ2n) is 7.36. The molecule has 0 atom stereocenters. The van der Waals surface area contributed by atoms with Crippen molar-refractivity contribution in [1.82, 2.24) is 19.6 Å². The molecule has 0 bridgehead atoms. The van der Waals surface area contributed by atoms with E-state index in [0.29, 0.717) is 0 Å². The topological polar surface area (TPSA) is 60.5 Å². The van der Waals surface area contributed by atoms with Crippen LogP contribution in [0.5, 0.6) is 0 Å².